The van der Waals surface area contributed by atoms with Gasteiger partial charge in [0, 0.05) is 12.6 Å². The van der Waals surface area contributed by atoms with Crippen LogP contribution < -0.4 is 0 Å². The molecule has 6 nitrogen and oxygen atoms in total. The monoisotopic (exact) mass is 209 g/mol. The van der Waals surface area contributed by atoms with E-state index in [4.69, 9.17) is 10.2 Å². The van der Waals surface area contributed by atoms with Gasteiger partial charge in [-0.25, -0.2) is 14.6 Å². The summed E-state index contributed by atoms with van der Waals surface area (Å²) in [4.78, 5) is 35.0. The highest BCUT2D eigenvalue weighted by Gasteiger charge is 2.12. The number of aliphatic carboxylic acids is 1. The van der Waals surface area contributed by atoms with Gasteiger partial charge < -0.3 is 10.2 Å². The topological polar surface area (TPSA) is 105 Å². The average molecular weight is 209 g/mol. The largest absolute Gasteiger partial charge is 0.477 e. The highest BCUT2D eigenvalue weighted by Crippen LogP contribution is 2.02. The number of carboxylic acid groups (broad SMARTS) is 2. The summed E-state index contributed by atoms with van der Waals surface area (Å²) in [6.45, 7) is 0. The van der Waals surface area contributed by atoms with Crippen LogP contribution in [0.5, 0.6) is 0 Å². The van der Waals surface area contributed by atoms with Crippen LogP contribution in [0.25, 0.3) is 0 Å². The Hall–Kier alpha value is -2.24. The fraction of sp³-hybridized carbons (Fsp3) is 0.111. The highest BCUT2D eigenvalue weighted by molar-refractivity contribution is 6.33. The fourth-order valence-corrected chi connectivity index (χ4v) is 0.917. The SMILES string of the molecule is O=C(O)C(=O)Cc1ccc(C(=O)O)nc1. The lowest BCUT2D eigenvalue weighted by molar-refractivity contribution is -0.148. The number of carboxylic acids is 2. The summed E-state index contributed by atoms with van der Waals surface area (Å²) in [7, 11) is 0. The molecule has 0 saturated carbocycles. The molecular weight excluding hydrogens is 202 g/mol. The summed E-state index contributed by atoms with van der Waals surface area (Å²) < 4.78 is 0. The van der Waals surface area contributed by atoms with Gasteiger partial charge in [-0.1, -0.05) is 6.07 Å². The van der Waals surface area contributed by atoms with Crippen LogP contribution in [0.3, 0.4) is 0 Å². The lowest BCUT2D eigenvalue weighted by Crippen LogP contribution is -2.15. The van der Waals surface area contributed by atoms with Crippen molar-refractivity contribution in [2.45, 2.75) is 6.42 Å². The number of aromatic nitrogens is 1. The Balaban J connectivity index is 2.77. The Morgan fingerprint density at radius 3 is 2.27 bits per heavy atom. The van der Waals surface area contributed by atoms with Crippen molar-refractivity contribution in [3.8, 4) is 0 Å². The van der Waals surface area contributed by atoms with Gasteiger partial charge in [-0.2, -0.15) is 0 Å². The average Bonchev–Trinajstić information content (AvgIpc) is 2.18. The minimum absolute atomic E-state index is 0.151. The molecule has 1 rings (SSSR count). The van der Waals surface area contributed by atoms with Gasteiger partial charge in [-0.15, -0.1) is 0 Å². The Kier molecular flexibility index (Phi) is 3.12. The minimum Gasteiger partial charge on any atom is -0.477 e. The molecule has 0 saturated heterocycles. The van der Waals surface area contributed by atoms with Crippen molar-refractivity contribution < 1.29 is 24.6 Å². The molecule has 0 unspecified atom stereocenters. The molecule has 6 heteroatoms. The first-order chi connectivity index (χ1) is 7.00. The van der Waals surface area contributed by atoms with E-state index in [0.717, 1.165) is 0 Å². The molecule has 0 aliphatic rings. The third-order valence-electron chi connectivity index (χ3n) is 1.65. The van der Waals surface area contributed by atoms with Gasteiger partial charge in [0.15, 0.2) is 0 Å². The Morgan fingerprint density at radius 2 is 1.87 bits per heavy atom. The van der Waals surface area contributed by atoms with Crippen molar-refractivity contribution in [2.24, 2.45) is 0 Å². The number of pyridine rings is 1. The van der Waals surface area contributed by atoms with Gasteiger partial charge >= 0.3 is 11.9 Å². The predicted octanol–water partition coefficient (Wildman–Crippen LogP) is -0.0240. The molecule has 0 aromatic carbocycles. The molecule has 1 aromatic rings. The number of rotatable bonds is 4. The van der Waals surface area contributed by atoms with Crippen LogP contribution in [-0.4, -0.2) is 32.9 Å². The first-order valence-electron chi connectivity index (χ1n) is 3.95. The van der Waals surface area contributed by atoms with Gasteiger partial charge in [0.2, 0.25) is 5.78 Å². The third kappa shape index (κ3) is 2.87. The second kappa shape index (κ2) is 4.32. The van der Waals surface area contributed by atoms with Crippen LogP contribution in [0.1, 0.15) is 16.1 Å². The highest BCUT2D eigenvalue weighted by atomic mass is 16.4. The fourth-order valence-electron chi connectivity index (χ4n) is 0.917. The van der Waals surface area contributed by atoms with Crippen molar-refractivity contribution in [1.29, 1.82) is 0 Å². The van der Waals surface area contributed by atoms with E-state index >= 15 is 0 Å². The van der Waals surface area contributed by atoms with Gasteiger partial charge in [0.25, 0.3) is 0 Å². The maximum Gasteiger partial charge on any atom is 0.372 e. The summed E-state index contributed by atoms with van der Waals surface area (Å²) in [6, 6.07) is 2.57. The van der Waals surface area contributed by atoms with Gasteiger partial charge in [0.1, 0.15) is 5.69 Å². The molecular formula is C9H7NO5. The van der Waals surface area contributed by atoms with Crippen LogP contribution in [-0.2, 0) is 16.0 Å². The molecule has 0 fully saturated rings. The summed E-state index contributed by atoms with van der Waals surface area (Å²) in [5.41, 5.74) is 0.217. The van der Waals surface area contributed by atoms with Crippen molar-refractivity contribution in [3.05, 3.63) is 29.6 Å². The first kappa shape index (κ1) is 10.8. The van der Waals surface area contributed by atoms with Crippen LogP contribution in [0.15, 0.2) is 18.3 Å². The number of carbonyl (C=O) groups excluding carboxylic acids is 1. The lowest BCUT2D eigenvalue weighted by Gasteiger charge is -1.97. The normalized spacial score (nSPS) is 9.60. The molecule has 78 valence electrons. The van der Waals surface area contributed by atoms with Gasteiger partial charge in [-0.3, -0.25) is 4.79 Å². The number of hydrogen-bond acceptors (Lipinski definition) is 4. The van der Waals surface area contributed by atoms with Crippen LogP contribution in [0.2, 0.25) is 0 Å². The number of Topliss-reactive ketones (excluding diaryl/α,β-unsaturated/α-hetero) is 1. The van der Waals surface area contributed by atoms with Crippen LogP contribution in [0.4, 0.5) is 0 Å². The Morgan fingerprint density at radius 1 is 1.20 bits per heavy atom. The lowest BCUT2D eigenvalue weighted by atomic mass is 10.1. The van der Waals surface area contributed by atoms with E-state index in [1.54, 1.807) is 0 Å². The van der Waals surface area contributed by atoms with Crippen LogP contribution in [0, 0.1) is 0 Å². The first-order valence-corrected chi connectivity index (χ1v) is 3.95. The minimum atomic E-state index is -1.52. The van der Waals surface area contributed by atoms with E-state index in [-0.39, 0.29) is 12.1 Å². The predicted molar refractivity (Wildman–Crippen MR) is 47.5 cm³/mol. The van der Waals surface area contributed by atoms with Crippen molar-refractivity contribution in [1.82, 2.24) is 4.98 Å². The number of nitrogens with zero attached hydrogens (tertiary/aromatic N) is 1. The maximum atomic E-state index is 10.8. The molecule has 2 N–H and O–H groups in total. The van der Waals surface area contributed by atoms with E-state index in [1.807, 2.05) is 0 Å². The zero-order valence-corrected chi connectivity index (χ0v) is 7.51. The van der Waals surface area contributed by atoms with Gasteiger partial charge in [0.05, 0.1) is 0 Å². The summed E-state index contributed by atoms with van der Waals surface area (Å²) in [5, 5.41) is 16.8. The van der Waals surface area contributed by atoms with E-state index in [9.17, 15) is 14.4 Å². The number of hydrogen-bond donors (Lipinski definition) is 2. The van der Waals surface area contributed by atoms with Crippen molar-refractivity contribution in [3.63, 3.8) is 0 Å². The zero-order valence-electron chi connectivity index (χ0n) is 7.51. The summed E-state index contributed by atoms with van der Waals surface area (Å²) in [6.07, 6.45) is 0.881. The summed E-state index contributed by atoms with van der Waals surface area (Å²) in [5.74, 6) is -3.65. The quantitative estimate of drug-likeness (QED) is 0.675. The summed E-state index contributed by atoms with van der Waals surface area (Å²) >= 11 is 0. The molecule has 1 heterocycles. The standard InChI is InChI=1S/C9H7NO5/c11-7(9(14)15)3-5-1-2-6(8(12)13)10-4-5/h1-2,4H,3H2,(H,12,13)(H,14,15). The Labute approximate surface area is 84.2 Å². The van der Waals surface area contributed by atoms with E-state index < -0.39 is 17.7 Å². The van der Waals surface area contributed by atoms with Crippen molar-refractivity contribution in [2.75, 3.05) is 0 Å². The van der Waals surface area contributed by atoms with E-state index in [1.165, 1.54) is 18.3 Å². The zero-order chi connectivity index (χ0) is 11.4. The molecule has 0 radical (unpaired) electrons. The molecule has 15 heavy (non-hydrogen) atoms. The number of ketones is 1. The Bertz CT molecular complexity index is 409. The molecule has 0 aliphatic carbocycles. The molecule has 1 aromatic heterocycles. The maximum absolute atomic E-state index is 10.8. The molecule has 0 amide bonds. The molecule has 0 atom stereocenters. The second-order valence-electron chi connectivity index (χ2n) is 2.76. The molecule has 0 aliphatic heterocycles. The van der Waals surface area contributed by atoms with E-state index in [2.05, 4.69) is 4.98 Å². The second-order valence-corrected chi connectivity index (χ2v) is 2.76. The van der Waals surface area contributed by atoms with Crippen molar-refractivity contribution >= 4 is 17.7 Å². The number of carbonyl (C=O) groups is 3. The smallest absolute Gasteiger partial charge is 0.372 e. The number of aromatic carboxylic acids is 1. The van der Waals surface area contributed by atoms with E-state index in [0.29, 0.717) is 5.56 Å². The molecule has 0 spiro atoms. The molecule has 0 bridgehead atoms. The van der Waals surface area contributed by atoms with Crippen LogP contribution >= 0.6 is 0 Å². The van der Waals surface area contributed by atoms with Gasteiger partial charge in [-0.05, 0) is 11.6 Å². The third-order valence-corrected chi connectivity index (χ3v) is 1.65.